The summed E-state index contributed by atoms with van der Waals surface area (Å²) in [7, 11) is -2.02. The quantitative estimate of drug-likeness (QED) is 0.615. The Kier molecular flexibility index (Phi) is 7.99. The second kappa shape index (κ2) is 9.94. The van der Waals surface area contributed by atoms with Crippen LogP contribution in [0, 0.1) is 20.8 Å². The summed E-state index contributed by atoms with van der Waals surface area (Å²) < 4.78 is 31.9. The van der Waals surface area contributed by atoms with E-state index in [1.165, 1.54) is 4.31 Å². The van der Waals surface area contributed by atoms with E-state index in [0.29, 0.717) is 5.69 Å². The van der Waals surface area contributed by atoms with Crippen LogP contribution < -0.4 is 14.4 Å². The van der Waals surface area contributed by atoms with Crippen molar-refractivity contribution in [2.24, 2.45) is 0 Å². The third kappa shape index (κ3) is 5.63. The molecular weight excluding hydrogens is 424 g/mol. The van der Waals surface area contributed by atoms with Crippen LogP contribution in [0.4, 0.5) is 5.69 Å². The van der Waals surface area contributed by atoms with Gasteiger partial charge in [-0.15, -0.1) is 0 Å². The number of hydrogen-bond donors (Lipinski definition) is 1. The molecule has 2 aromatic rings. The lowest BCUT2D eigenvalue weighted by molar-refractivity contribution is -0.122. The van der Waals surface area contributed by atoms with Crippen molar-refractivity contribution in [1.29, 1.82) is 0 Å². The first-order chi connectivity index (χ1) is 14.8. The Morgan fingerprint density at radius 1 is 0.938 bits per heavy atom. The summed E-state index contributed by atoms with van der Waals surface area (Å²) >= 11 is 0. The van der Waals surface area contributed by atoms with Gasteiger partial charge < -0.3 is 10.1 Å². The lowest BCUT2D eigenvalue weighted by Crippen LogP contribution is -2.48. The van der Waals surface area contributed by atoms with E-state index in [1.807, 2.05) is 39.8 Å². The van der Waals surface area contributed by atoms with Crippen LogP contribution in [0.3, 0.4) is 0 Å². The minimum atomic E-state index is -3.67. The zero-order chi connectivity index (χ0) is 24.4. The molecule has 1 amide bonds. The maximum absolute atomic E-state index is 13.2. The van der Waals surface area contributed by atoms with E-state index in [1.54, 1.807) is 26.2 Å². The van der Waals surface area contributed by atoms with Crippen LogP contribution in [0.1, 0.15) is 67.5 Å². The van der Waals surface area contributed by atoms with Crippen molar-refractivity contribution in [3.8, 4) is 5.75 Å². The summed E-state index contributed by atoms with van der Waals surface area (Å²) in [6.07, 6.45) is 1.12. The standard InChI is InChI=1S/C25H36N2O4S/c1-15(2)22-14-23(18(5)13-24(22)31-8)19(6)26-25(28)20(7)27(32(9,29)30)21-11-10-16(3)17(4)12-21/h10-15,19-20H,1-9H3,(H,26,28). The van der Waals surface area contributed by atoms with Crippen molar-refractivity contribution < 1.29 is 17.9 Å². The zero-order valence-electron chi connectivity index (χ0n) is 20.6. The number of anilines is 1. The lowest BCUT2D eigenvalue weighted by atomic mass is 9.93. The Hall–Kier alpha value is -2.54. The Morgan fingerprint density at radius 3 is 2.06 bits per heavy atom. The van der Waals surface area contributed by atoms with Crippen LogP contribution in [0.5, 0.6) is 5.75 Å². The topological polar surface area (TPSA) is 75.7 Å². The number of sulfonamides is 1. The van der Waals surface area contributed by atoms with Crippen LogP contribution >= 0.6 is 0 Å². The van der Waals surface area contributed by atoms with Crippen LogP contribution in [0.2, 0.25) is 0 Å². The lowest BCUT2D eigenvalue weighted by Gasteiger charge is -2.30. The summed E-state index contributed by atoms with van der Waals surface area (Å²) in [5.74, 6) is 0.727. The van der Waals surface area contributed by atoms with Crippen molar-refractivity contribution in [3.63, 3.8) is 0 Å². The number of amides is 1. The highest BCUT2D eigenvalue weighted by Gasteiger charge is 2.30. The third-order valence-corrected chi connectivity index (χ3v) is 7.14. The highest BCUT2D eigenvalue weighted by atomic mass is 32.2. The van der Waals surface area contributed by atoms with Crippen LogP contribution in [0.25, 0.3) is 0 Å². The number of nitrogens with one attached hydrogen (secondary N) is 1. The summed E-state index contributed by atoms with van der Waals surface area (Å²) in [6, 6.07) is 8.24. The van der Waals surface area contributed by atoms with Gasteiger partial charge in [0.1, 0.15) is 11.8 Å². The molecule has 2 atom stereocenters. The van der Waals surface area contributed by atoms with Gasteiger partial charge in [-0.1, -0.05) is 19.9 Å². The van der Waals surface area contributed by atoms with Crippen molar-refractivity contribution in [1.82, 2.24) is 5.32 Å². The fourth-order valence-corrected chi connectivity index (χ4v) is 5.06. The number of nitrogens with zero attached hydrogens (tertiary/aromatic N) is 1. The van der Waals surface area contributed by atoms with E-state index >= 15 is 0 Å². The van der Waals surface area contributed by atoms with E-state index in [0.717, 1.165) is 39.8 Å². The number of carbonyl (C=O) groups excluding carboxylic acids is 1. The molecule has 0 heterocycles. The molecule has 2 aromatic carbocycles. The molecule has 0 spiro atoms. The molecule has 0 radical (unpaired) electrons. The predicted octanol–water partition coefficient (Wildman–Crippen LogP) is 4.78. The summed E-state index contributed by atoms with van der Waals surface area (Å²) in [5, 5.41) is 3.00. The highest BCUT2D eigenvalue weighted by molar-refractivity contribution is 7.92. The summed E-state index contributed by atoms with van der Waals surface area (Å²) in [6.45, 7) is 13.6. The number of rotatable bonds is 8. The summed E-state index contributed by atoms with van der Waals surface area (Å²) in [5.41, 5.74) is 5.55. The number of aryl methyl sites for hydroxylation is 3. The molecule has 7 heteroatoms. The molecule has 0 aliphatic heterocycles. The van der Waals surface area contributed by atoms with Crippen molar-refractivity contribution in [3.05, 3.63) is 58.1 Å². The molecule has 176 valence electrons. The molecule has 0 fully saturated rings. The van der Waals surface area contributed by atoms with Crippen LogP contribution in [0.15, 0.2) is 30.3 Å². The number of ether oxygens (including phenoxy) is 1. The third-order valence-electron chi connectivity index (χ3n) is 5.90. The molecule has 0 aliphatic carbocycles. The van der Waals surface area contributed by atoms with Gasteiger partial charge in [0, 0.05) is 0 Å². The molecule has 0 saturated heterocycles. The van der Waals surface area contributed by atoms with Gasteiger partial charge in [-0.25, -0.2) is 8.42 Å². The minimum Gasteiger partial charge on any atom is -0.496 e. The van der Waals surface area contributed by atoms with E-state index in [4.69, 9.17) is 4.74 Å². The van der Waals surface area contributed by atoms with Gasteiger partial charge in [-0.3, -0.25) is 9.10 Å². The maximum Gasteiger partial charge on any atom is 0.244 e. The van der Waals surface area contributed by atoms with Gasteiger partial charge in [-0.05, 0) is 92.6 Å². The van der Waals surface area contributed by atoms with E-state index < -0.39 is 16.1 Å². The van der Waals surface area contributed by atoms with Crippen molar-refractivity contribution in [2.75, 3.05) is 17.7 Å². The average Bonchev–Trinajstić information content (AvgIpc) is 2.68. The minimum absolute atomic E-state index is 0.261. The molecule has 1 N–H and O–H groups in total. The Bertz CT molecular complexity index is 1090. The van der Waals surface area contributed by atoms with Gasteiger partial charge in [0.25, 0.3) is 0 Å². The predicted molar refractivity (Wildman–Crippen MR) is 131 cm³/mol. The fourth-order valence-electron chi connectivity index (χ4n) is 3.89. The normalized spacial score (nSPS) is 13.6. The Morgan fingerprint density at radius 2 is 1.56 bits per heavy atom. The first kappa shape index (κ1) is 25.7. The molecular formula is C25H36N2O4S. The number of benzene rings is 2. The molecule has 0 bridgehead atoms. The average molecular weight is 461 g/mol. The van der Waals surface area contributed by atoms with Crippen molar-refractivity contribution in [2.45, 2.75) is 66.5 Å². The monoisotopic (exact) mass is 460 g/mol. The van der Waals surface area contributed by atoms with Gasteiger partial charge >= 0.3 is 0 Å². The summed E-state index contributed by atoms with van der Waals surface area (Å²) in [4.78, 5) is 13.2. The fraction of sp³-hybridized carbons (Fsp3) is 0.480. The smallest absolute Gasteiger partial charge is 0.244 e. The van der Waals surface area contributed by atoms with E-state index in [2.05, 4.69) is 25.2 Å². The first-order valence-electron chi connectivity index (χ1n) is 10.8. The zero-order valence-corrected chi connectivity index (χ0v) is 21.4. The number of methoxy groups -OCH3 is 1. The van der Waals surface area contributed by atoms with Crippen LogP contribution in [-0.4, -0.2) is 33.7 Å². The molecule has 0 saturated carbocycles. The van der Waals surface area contributed by atoms with Gasteiger partial charge in [0.15, 0.2) is 0 Å². The van der Waals surface area contributed by atoms with E-state index in [9.17, 15) is 13.2 Å². The SMILES string of the molecule is COc1cc(C)c(C(C)NC(=O)C(C)N(c2ccc(C)c(C)c2)S(C)(=O)=O)cc1C(C)C. The largest absolute Gasteiger partial charge is 0.496 e. The van der Waals surface area contributed by atoms with Crippen molar-refractivity contribution >= 4 is 21.6 Å². The van der Waals surface area contributed by atoms with Gasteiger partial charge in [0.05, 0.1) is 25.1 Å². The molecule has 6 nitrogen and oxygen atoms in total. The van der Waals surface area contributed by atoms with Crippen LogP contribution in [-0.2, 0) is 14.8 Å². The highest BCUT2D eigenvalue weighted by Crippen LogP contribution is 2.32. The molecule has 0 aliphatic rings. The molecule has 0 aromatic heterocycles. The molecule has 2 rings (SSSR count). The van der Waals surface area contributed by atoms with Gasteiger partial charge in [0.2, 0.25) is 15.9 Å². The maximum atomic E-state index is 13.2. The first-order valence-corrected chi connectivity index (χ1v) is 12.7. The molecule has 2 unspecified atom stereocenters. The second-order valence-electron chi connectivity index (χ2n) is 8.84. The Labute approximate surface area is 193 Å². The number of carbonyl (C=O) groups is 1. The number of hydrogen-bond acceptors (Lipinski definition) is 4. The van der Waals surface area contributed by atoms with E-state index in [-0.39, 0.29) is 17.9 Å². The molecule has 32 heavy (non-hydrogen) atoms. The van der Waals surface area contributed by atoms with Gasteiger partial charge in [-0.2, -0.15) is 0 Å². The Balaban J connectivity index is 2.35. The second-order valence-corrected chi connectivity index (χ2v) is 10.7.